The lowest BCUT2D eigenvalue weighted by Crippen LogP contribution is -2.12. The second kappa shape index (κ2) is 6.27. The van der Waals surface area contributed by atoms with Gasteiger partial charge in [-0.25, -0.2) is 0 Å². The number of rotatable bonds is 2. The predicted octanol–water partition coefficient (Wildman–Crippen LogP) is 5.77. The highest BCUT2D eigenvalue weighted by atomic mass is 79.9. The minimum absolute atomic E-state index is 0.224. The standard InChI is InChI=1S/C13H7Br2Cl2NO/c14-7-1-3-9(10(15)5-7)13(19)18-8-2-4-11(16)12(17)6-8/h1-6H,(H,18,19). The second-order valence-corrected chi connectivity index (χ2v) is 6.29. The molecule has 0 aliphatic heterocycles. The van der Waals surface area contributed by atoms with E-state index in [1.165, 1.54) is 0 Å². The molecule has 1 N–H and O–H groups in total. The summed E-state index contributed by atoms with van der Waals surface area (Å²) < 4.78 is 1.60. The summed E-state index contributed by atoms with van der Waals surface area (Å²) in [5.74, 6) is -0.224. The molecule has 6 heteroatoms. The molecule has 0 aromatic heterocycles. The summed E-state index contributed by atoms with van der Waals surface area (Å²) in [4.78, 5) is 12.1. The van der Waals surface area contributed by atoms with Crippen LogP contribution in [0, 0.1) is 0 Å². The van der Waals surface area contributed by atoms with Crippen molar-refractivity contribution >= 4 is 66.7 Å². The maximum absolute atomic E-state index is 12.1. The summed E-state index contributed by atoms with van der Waals surface area (Å²) in [5.41, 5.74) is 1.13. The minimum Gasteiger partial charge on any atom is -0.322 e. The Labute approximate surface area is 137 Å². The fourth-order valence-corrected chi connectivity index (χ4v) is 2.97. The molecular weight excluding hydrogens is 417 g/mol. The summed E-state index contributed by atoms with van der Waals surface area (Å²) in [5, 5.41) is 3.61. The number of hydrogen-bond donors (Lipinski definition) is 1. The average Bonchev–Trinajstić information content (AvgIpc) is 2.33. The Morgan fingerprint density at radius 1 is 1.00 bits per heavy atom. The van der Waals surface area contributed by atoms with Gasteiger partial charge in [-0.05, 0) is 52.3 Å². The second-order valence-electron chi connectivity index (χ2n) is 3.71. The van der Waals surface area contributed by atoms with Gasteiger partial charge in [-0.1, -0.05) is 39.1 Å². The van der Waals surface area contributed by atoms with Crippen molar-refractivity contribution in [3.8, 4) is 0 Å². The fraction of sp³-hybridized carbons (Fsp3) is 0. The van der Waals surface area contributed by atoms with Gasteiger partial charge >= 0.3 is 0 Å². The Morgan fingerprint density at radius 2 is 1.74 bits per heavy atom. The third-order valence-electron chi connectivity index (χ3n) is 2.35. The molecule has 0 fully saturated rings. The van der Waals surface area contributed by atoms with Crippen LogP contribution < -0.4 is 5.32 Å². The van der Waals surface area contributed by atoms with Crippen LogP contribution in [0.4, 0.5) is 5.69 Å². The minimum atomic E-state index is -0.224. The number of nitrogens with one attached hydrogen (secondary N) is 1. The smallest absolute Gasteiger partial charge is 0.256 e. The van der Waals surface area contributed by atoms with Crippen molar-refractivity contribution < 1.29 is 4.79 Å². The third kappa shape index (κ3) is 3.72. The lowest BCUT2D eigenvalue weighted by atomic mass is 10.2. The molecule has 2 aromatic carbocycles. The third-order valence-corrected chi connectivity index (χ3v) is 4.24. The first kappa shape index (κ1) is 14.9. The first-order valence-corrected chi connectivity index (χ1v) is 7.53. The first-order valence-electron chi connectivity index (χ1n) is 5.19. The van der Waals surface area contributed by atoms with E-state index in [0.717, 1.165) is 4.47 Å². The Hall–Kier alpha value is -0.550. The monoisotopic (exact) mass is 421 g/mol. The van der Waals surface area contributed by atoms with Crippen LogP contribution in [0.1, 0.15) is 10.4 Å². The number of halogens is 4. The largest absolute Gasteiger partial charge is 0.322 e. The lowest BCUT2D eigenvalue weighted by Gasteiger charge is -2.08. The van der Waals surface area contributed by atoms with Crippen LogP contribution >= 0.6 is 55.1 Å². The summed E-state index contributed by atoms with van der Waals surface area (Å²) >= 11 is 18.4. The molecule has 0 aliphatic carbocycles. The van der Waals surface area contributed by atoms with E-state index in [0.29, 0.717) is 25.8 Å². The molecule has 0 bridgehead atoms. The molecule has 0 atom stereocenters. The Kier molecular flexibility index (Phi) is 4.90. The molecule has 1 amide bonds. The van der Waals surface area contributed by atoms with Crippen molar-refractivity contribution in [1.29, 1.82) is 0 Å². The molecule has 0 unspecified atom stereocenters. The van der Waals surface area contributed by atoms with Crippen LogP contribution in [-0.4, -0.2) is 5.91 Å². The van der Waals surface area contributed by atoms with E-state index in [-0.39, 0.29) is 5.91 Å². The molecular formula is C13H7Br2Cl2NO. The molecule has 0 aliphatic rings. The first-order chi connectivity index (χ1) is 8.97. The fourth-order valence-electron chi connectivity index (χ4n) is 1.45. The zero-order valence-electron chi connectivity index (χ0n) is 9.38. The van der Waals surface area contributed by atoms with Crippen molar-refractivity contribution in [2.24, 2.45) is 0 Å². The Balaban J connectivity index is 2.23. The zero-order valence-corrected chi connectivity index (χ0v) is 14.1. The SMILES string of the molecule is O=C(Nc1ccc(Cl)c(Cl)c1)c1ccc(Br)cc1Br. The van der Waals surface area contributed by atoms with Gasteiger partial charge in [0, 0.05) is 14.6 Å². The molecule has 0 spiro atoms. The number of anilines is 1. The van der Waals surface area contributed by atoms with Crippen molar-refractivity contribution in [3.05, 3.63) is 61.0 Å². The normalized spacial score (nSPS) is 10.3. The van der Waals surface area contributed by atoms with E-state index in [1.807, 2.05) is 6.07 Å². The van der Waals surface area contributed by atoms with Gasteiger partial charge < -0.3 is 5.32 Å². The maximum Gasteiger partial charge on any atom is 0.256 e. The van der Waals surface area contributed by atoms with Crippen LogP contribution in [0.15, 0.2) is 45.3 Å². The van der Waals surface area contributed by atoms with E-state index < -0.39 is 0 Å². The molecule has 0 radical (unpaired) electrons. The Bertz CT molecular complexity index is 647. The van der Waals surface area contributed by atoms with Gasteiger partial charge in [-0.15, -0.1) is 0 Å². The van der Waals surface area contributed by atoms with E-state index in [9.17, 15) is 4.79 Å². The van der Waals surface area contributed by atoms with Gasteiger partial charge in [0.15, 0.2) is 0 Å². The number of hydrogen-bond acceptors (Lipinski definition) is 1. The van der Waals surface area contributed by atoms with Gasteiger partial charge in [-0.3, -0.25) is 4.79 Å². The quantitative estimate of drug-likeness (QED) is 0.652. The highest BCUT2D eigenvalue weighted by Gasteiger charge is 2.11. The van der Waals surface area contributed by atoms with Gasteiger partial charge in [0.25, 0.3) is 5.91 Å². The van der Waals surface area contributed by atoms with Crippen LogP contribution in [0.25, 0.3) is 0 Å². The molecule has 2 nitrogen and oxygen atoms in total. The van der Waals surface area contributed by atoms with Gasteiger partial charge in [0.1, 0.15) is 0 Å². The average molecular weight is 424 g/mol. The van der Waals surface area contributed by atoms with Crippen molar-refractivity contribution in [3.63, 3.8) is 0 Å². The topological polar surface area (TPSA) is 29.1 Å². The van der Waals surface area contributed by atoms with Crippen molar-refractivity contribution in [2.45, 2.75) is 0 Å². The molecule has 2 aromatic rings. The van der Waals surface area contributed by atoms with Crippen LogP contribution in [0.2, 0.25) is 10.0 Å². The van der Waals surface area contributed by atoms with E-state index in [2.05, 4.69) is 37.2 Å². The Morgan fingerprint density at radius 3 is 2.37 bits per heavy atom. The molecule has 2 rings (SSSR count). The van der Waals surface area contributed by atoms with Crippen LogP contribution in [0.3, 0.4) is 0 Å². The molecule has 0 saturated heterocycles. The van der Waals surface area contributed by atoms with Gasteiger partial charge in [0.2, 0.25) is 0 Å². The van der Waals surface area contributed by atoms with Crippen molar-refractivity contribution in [2.75, 3.05) is 5.32 Å². The zero-order chi connectivity index (χ0) is 14.0. The van der Waals surface area contributed by atoms with E-state index >= 15 is 0 Å². The van der Waals surface area contributed by atoms with Crippen LogP contribution in [-0.2, 0) is 0 Å². The number of carbonyl (C=O) groups is 1. The molecule has 0 saturated carbocycles. The molecule has 98 valence electrons. The summed E-state index contributed by atoms with van der Waals surface area (Å²) in [6, 6.07) is 10.3. The van der Waals surface area contributed by atoms with Crippen molar-refractivity contribution in [1.82, 2.24) is 0 Å². The van der Waals surface area contributed by atoms with E-state index in [1.54, 1.807) is 30.3 Å². The molecule has 0 heterocycles. The van der Waals surface area contributed by atoms with Gasteiger partial charge in [0.05, 0.1) is 15.6 Å². The number of amides is 1. The maximum atomic E-state index is 12.1. The highest BCUT2D eigenvalue weighted by Crippen LogP contribution is 2.26. The van der Waals surface area contributed by atoms with Crippen LogP contribution in [0.5, 0.6) is 0 Å². The summed E-state index contributed by atoms with van der Waals surface area (Å²) in [6.07, 6.45) is 0. The molecule has 19 heavy (non-hydrogen) atoms. The highest BCUT2D eigenvalue weighted by molar-refractivity contribution is 9.11. The lowest BCUT2D eigenvalue weighted by molar-refractivity contribution is 0.102. The number of carbonyl (C=O) groups excluding carboxylic acids is 1. The van der Waals surface area contributed by atoms with Gasteiger partial charge in [-0.2, -0.15) is 0 Å². The van der Waals surface area contributed by atoms with E-state index in [4.69, 9.17) is 23.2 Å². The summed E-state index contributed by atoms with van der Waals surface area (Å²) in [7, 11) is 0. The summed E-state index contributed by atoms with van der Waals surface area (Å²) in [6.45, 7) is 0. The number of benzene rings is 2. The predicted molar refractivity (Wildman–Crippen MR) is 86.3 cm³/mol.